The largest absolute Gasteiger partial charge is 0.341 e. The molecule has 1 aliphatic carbocycles. The number of anilines is 1. The first-order chi connectivity index (χ1) is 16.2. The molecule has 4 heterocycles. The van der Waals surface area contributed by atoms with Gasteiger partial charge >= 0.3 is 0 Å². The fraction of sp³-hybridized carbons (Fsp3) is 0.407. The zero-order valence-electron chi connectivity index (χ0n) is 19.4. The van der Waals surface area contributed by atoms with Crippen molar-refractivity contribution in [2.24, 2.45) is 0 Å². The van der Waals surface area contributed by atoms with Crippen LogP contribution in [0.15, 0.2) is 42.7 Å². The fourth-order valence-corrected chi connectivity index (χ4v) is 5.71. The van der Waals surface area contributed by atoms with Crippen molar-refractivity contribution >= 4 is 17.0 Å². The third-order valence-corrected chi connectivity index (χ3v) is 7.58. The molecule has 0 spiro atoms. The minimum Gasteiger partial charge on any atom is -0.341 e. The van der Waals surface area contributed by atoms with Crippen LogP contribution in [0, 0.1) is 6.92 Å². The molecule has 2 aliphatic rings. The minimum absolute atomic E-state index is 0.164. The highest BCUT2D eigenvalue weighted by Crippen LogP contribution is 2.38. The Morgan fingerprint density at radius 2 is 1.79 bits per heavy atom. The van der Waals surface area contributed by atoms with Crippen molar-refractivity contribution in [3.05, 3.63) is 65.1 Å². The van der Waals surface area contributed by atoms with Crippen molar-refractivity contribution < 1.29 is 0 Å². The number of benzene rings is 1. The first-order valence-electron chi connectivity index (χ1n) is 12.2. The van der Waals surface area contributed by atoms with Crippen molar-refractivity contribution in [3.63, 3.8) is 0 Å². The summed E-state index contributed by atoms with van der Waals surface area (Å²) in [5.41, 5.74) is 7.96. The predicted octanol–water partition coefficient (Wildman–Crippen LogP) is 5.89. The number of nitrogens with one attached hydrogen (secondary N) is 1. The van der Waals surface area contributed by atoms with Crippen LogP contribution in [-0.2, 0) is 6.42 Å². The van der Waals surface area contributed by atoms with Gasteiger partial charge in [-0.1, -0.05) is 43.5 Å². The monoisotopic (exact) mass is 438 g/mol. The van der Waals surface area contributed by atoms with Crippen LogP contribution in [0.25, 0.3) is 22.3 Å². The number of hydrogen-bond acceptors (Lipinski definition) is 5. The van der Waals surface area contributed by atoms with Crippen LogP contribution in [-0.4, -0.2) is 31.7 Å². The molecule has 168 valence electrons. The van der Waals surface area contributed by atoms with Gasteiger partial charge in [0, 0.05) is 47.6 Å². The van der Waals surface area contributed by atoms with E-state index in [-0.39, 0.29) is 6.04 Å². The summed E-state index contributed by atoms with van der Waals surface area (Å²) < 4.78 is 0. The molecule has 1 atom stereocenters. The Morgan fingerprint density at radius 1 is 1.00 bits per heavy atom. The standard InChI is InChI=1S/C27H30N6/c1-17-8-6-7-11-21(17)24-14-22-25-18(2)33(13-12-23(25)30-26(22)32-31-24)27-28-15-20(16-29-27)19-9-4-3-5-10-19/h6-8,11,14-16,18-19H,3-5,9-10,12-13H2,1-2H3,(H,30,32)/t18-/m1/s1. The summed E-state index contributed by atoms with van der Waals surface area (Å²) in [6, 6.07) is 10.7. The molecule has 3 aromatic heterocycles. The molecule has 33 heavy (non-hydrogen) atoms. The molecule has 6 heteroatoms. The highest BCUT2D eigenvalue weighted by Gasteiger charge is 2.30. The molecule has 0 amide bonds. The summed E-state index contributed by atoms with van der Waals surface area (Å²) >= 11 is 0. The maximum atomic E-state index is 4.82. The Labute approximate surface area is 194 Å². The number of hydrogen-bond donors (Lipinski definition) is 1. The number of H-pyrrole nitrogens is 1. The highest BCUT2D eigenvalue weighted by molar-refractivity contribution is 5.86. The minimum atomic E-state index is 0.164. The Morgan fingerprint density at radius 3 is 2.58 bits per heavy atom. The average molecular weight is 439 g/mol. The molecule has 0 bridgehead atoms. The van der Waals surface area contributed by atoms with Gasteiger partial charge in [0.05, 0.1) is 11.7 Å². The molecular formula is C27H30N6. The number of rotatable bonds is 3. The van der Waals surface area contributed by atoms with E-state index in [9.17, 15) is 0 Å². The van der Waals surface area contributed by atoms with Gasteiger partial charge in [0.15, 0.2) is 5.65 Å². The van der Waals surface area contributed by atoms with Crippen molar-refractivity contribution in [1.29, 1.82) is 0 Å². The number of aromatic nitrogens is 5. The quantitative estimate of drug-likeness (QED) is 0.431. The first-order valence-corrected chi connectivity index (χ1v) is 12.2. The molecule has 6 nitrogen and oxygen atoms in total. The number of nitrogens with zero attached hydrogens (tertiary/aromatic N) is 5. The second-order valence-electron chi connectivity index (χ2n) is 9.59. The lowest BCUT2D eigenvalue weighted by Gasteiger charge is -2.34. The van der Waals surface area contributed by atoms with Gasteiger partial charge in [0.2, 0.25) is 5.95 Å². The van der Waals surface area contributed by atoms with Gasteiger partial charge in [-0.3, -0.25) is 0 Å². The molecule has 1 saturated carbocycles. The Balaban J connectivity index is 1.33. The smallest absolute Gasteiger partial charge is 0.225 e. The van der Waals surface area contributed by atoms with Crippen molar-refractivity contribution in [2.45, 2.75) is 64.3 Å². The maximum absolute atomic E-state index is 4.82. The Kier molecular flexibility index (Phi) is 5.08. The molecule has 1 N–H and O–H groups in total. The molecule has 4 aromatic rings. The first kappa shape index (κ1) is 20.3. The summed E-state index contributed by atoms with van der Waals surface area (Å²) in [6.07, 6.45) is 11.6. The van der Waals surface area contributed by atoms with Crippen molar-refractivity contribution in [3.8, 4) is 11.3 Å². The van der Waals surface area contributed by atoms with E-state index in [1.165, 1.54) is 54.5 Å². The van der Waals surface area contributed by atoms with E-state index in [2.05, 4.69) is 76.7 Å². The van der Waals surface area contributed by atoms with E-state index in [1.54, 1.807) is 0 Å². The summed E-state index contributed by atoms with van der Waals surface area (Å²) in [5.74, 6) is 1.45. The van der Waals surface area contributed by atoms with E-state index < -0.39 is 0 Å². The average Bonchev–Trinajstić information content (AvgIpc) is 3.24. The van der Waals surface area contributed by atoms with E-state index in [0.29, 0.717) is 5.92 Å². The van der Waals surface area contributed by atoms with Crippen molar-refractivity contribution in [1.82, 2.24) is 25.1 Å². The zero-order valence-corrected chi connectivity index (χ0v) is 19.4. The summed E-state index contributed by atoms with van der Waals surface area (Å²) in [4.78, 5) is 15.5. The molecule has 0 saturated heterocycles. The molecule has 1 aliphatic heterocycles. The number of aryl methyl sites for hydroxylation is 1. The maximum Gasteiger partial charge on any atom is 0.225 e. The van der Waals surface area contributed by atoms with Gasteiger partial charge in [-0.05, 0) is 49.8 Å². The van der Waals surface area contributed by atoms with Gasteiger partial charge in [0.25, 0.3) is 0 Å². The fourth-order valence-electron chi connectivity index (χ4n) is 5.71. The van der Waals surface area contributed by atoms with Crippen LogP contribution in [0.5, 0.6) is 0 Å². The van der Waals surface area contributed by atoms with Crippen LogP contribution in [0.1, 0.15) is 73.4 Å². The normalized spacial score (nSPS) is 19.1. The van der Waals surface area contributed by atoms with Crippen molar-refractivity contribution in [2.75, 3.05) is 11.4 Å². The van der Waals surface area contributed by atoms with E-state index in [1.807, 2.05) is 0 Å². The second-order valence-corrected chi connectivity index (χ2v) is 9.59. The lowest BCUT2D eigenvalue weighted by molar-refractivity contribution is 0.442. The Bertz CT molecular complexity index is 1290. The van der Waals surface area contributed by atoms with Gasteiger partial charge < -0.3 is 9.88 Å². The van der Waals surface area contributed by atoms with Gasteiger partial charge in [0.1, 0.15) is 0 Å². The third-order valence-electron chi connectivity index (χ3n) is 7.58. The van der Waals surface area contributed by atoms with Crippen LogP contribution >= 0.6 is 0 Å². The highest BCUT2D eigenvalue weighted by atomic mass is 15.3. The predicted molar refractivity (Wildman–Crippen MR) is 131 cm³/mol. The van der Waals surface area contributed by atoms with Gasteiger partial charge in [-0.2, -0.15) is 0 Å². The van der Waals surface area contributed by atoms with Crippen LogP contribution < -0.4 is 4.90 Å². The van der Waals surface area contributed by atoms with E-state index in [4.69, 9.17) is 9.97 Å². The van der Waals surface area contributed by atoms with E-state index in [0.717, 1.165) is 41.2 Å². The summed E-state index contributed by atoms with van der Waals surface area (Å²) in [6.45, 7) is 5.26. The topological polar surface area (TPSA) is 70.6 Å². The van der Waals surface area contributed by atoms with Gasteiger partial charge in [-0.15, -0.1) is 10.2 Å². The van der Waals surface area contributed by atoms with Crippen LogP contribution in [0.3, 0.4) is 0 Å². The molecule has 6 rings (SSSR count). The SMILES string of the molecule is Cc1ccccc1-c1cc2c3c([nH]c2nn1)CCN(c1ncc(C2CCCCC2)cn1)[C@@H]3C. The molecule has 0 unspecified atom stereocenters. The van der Waals surface area contributed by atoms with Crippen LogP contribution in [0.2, 0.25) is 0 Å². The third kappa shape index (κ3) is 3.58. The van der Waals surface area contributed by atoms with E-state index >= 15 is 0 Å². The summed E-state index contributed by atoms with van der Waals surface area (Å²) in [7, 11) is 0. The molecule has 1 fully saturated rings. The summed E-state index contributed by atoms with van der Waals surface area (Å²) in [5, 5.41) is 10.2. The zero-order chi connectivity index (χ0) is 22.4. The number of fused-ring (bicyclic) bond motifs is 3. The lowest BCUT2D eigenvalue weighted by atomic mass is 9.85. The Hall–Kier alpha value is -3.28. The lowest BCUT2D eigenvalue weighted by Crippen LogP contribution is -2.35. The number of aromatic amines is 1. The molecule has 1 aromatic carbocycles. The molecular weight excluding hydrogens is 408 g/mol. The molecule has 0 radical (unpaired) electrons. The second kappa shape index (κ2) is 8.25. The van der Waals surface area contributed by atoms with Gasteiger partial charge in [-0.25, -0.2) is 9.97 Å². The van der Waals surface area contributed by atoms with Crippen LogP contribution in [0.4, 0.5) is 5.95 Å².